The molecular formula is C14H12BrClN2S. The van der Waals surface area contributed by atoms with Crippen molar-refractivity contribution in [3.05, 3.63) is 63.6 Å². The second kappa shape index (κ2) is 6.89. The van der Waals surface area contributed by atoms with Gasteiger partial charge in [-0.1, -0.05) is 39.7 Å². The van der Waals surface area contributed by atoms with E-state index >= 15 is 0 Å². The van der Waals surface area contributed by atoms with E-state index in [4.69, 9.17) is 23.8 Å². The molecule has 0 radical (unpaired) electrons. The van der Waals surface area contributed by atoms with Crippen molar-refractivity contribution in [2.75, 3.05) is 5.32 Å². The van der Waals surface area contributed by atoms with Crippen LogP contribution in [0.2, 0.25) is 5.02 Å². The highest BCUT2D eigenvalue weighted by molar-refractivity contribution is 9.10. The quantitative estimate of drug-likeness (QED) is 0.788. The van der Waals surface area contributed by atoms with Crippen molar-refractivity contribution >= 4 is 50.5 Å². The summed E-state index contributed by atoms with van der Waals surface area (Å²) < 4.78 is 1.06. The van der Waals surface area contributed by atoms with Crippen LogP contribution in [-0.4, -0.2) is 5.11 Å². The number of thiocarbonyl (C=S) groups is 1. The summed E-state index contributed by atoms with van der Waals surface area (Å²) in [5, 5.41) is 7.55. The SMILES string of the molecule is S=C(NCc1cccc(Br)c1)Nc1ccc(Cl)cc1. The third kappa shape index (κ3) is 4.82. The van der Waals surface area contributed by atoms with Gasteiger partial charge in [-0.25, -0.2) is 0 Å². The van der Waals surface area contributed by atoms with Crippen LogP contribution in [-0.2, 0) is 6.54 Å². The van der Waals surface area contributed by atoms with Gasteiger partial charge in [-0.05, 0) is 54.2 Å². The van der Waals surface area contributed by atoms with E-state index in [-0.39, 0.29) is 0 Å². The third-order valence-corrected chi connectivity index (χ3v) is 3.44. The molecule has 0 aromatic heterocycles. The lowest BCUT2D eigenvalue weighted by Gasteiger charge is -2.10. The first kappa shape index (κ1) is 14.3. The molecule has 0 saturated carbocycles. The molecule has 0 aliphatic heterocycles. The van der Waals surface area contributed by atoms with Crippen LogP contribution in [0.3, 0.4) is 0 Å². The second-order valence-corrected chi connectivity index (χ2v) is 5.70. The van der Waals surface area contributed by atoms with Crippen molar-refractivity contribution in [3.8, 4) is 0 Å². The van der Waals surface area contributed by atoms with Crippen molar-refractivity contribution in [3.63, 3.8) is 0 Å². The molecule has 0 bridgehead atoms. The normalized spacial score (nSPS) is 10.0. The van der Waals surface area contributed by atoms with Gasteiger partial charge in [0.15, 0.2) is 5.11 Å². The lowest BCUT2D eigenvalue weighted by Crippen LogP contribution is -2.27. The van der Waals surface area contributed by atoms with Gasteiger partial charge >= 0.3 is 0 Å². The van der Waals surface area contributed by atoms with E-state index in [2.05, 4.69) is 32.6 Å². The summed E-state index contributed by atoms with van der Waals surface area (Å²) in [5.41, 5.74) is 2.07. The second-order valence-electron chi connectivity index (χ2n) is 3.94. The lowest BCUT2D eigenvalue weighted by atomic mass is 10.2. The van der Waals surface area contributed by atoms with Gasteiger partial charge in [0, 0.05) is 21.7 Å². The van der Waals surface area contributed by atoms with E-state index in [1.54, 1.807) is 0 Å². The average Bonchev–Trinajstić information content (AvgIpc) is 2.39. The Balaban J connectivity index is 1.86. The monoisotopic (exact) mass is 354 g/mol. The standard InChI is InChI=1S/C14H12BrClN2S/c15-11-3-1-2-10(8-11)9-17-14(19)18-13-6-4-12(16)5-7-13/h1-8H,9H2,(H2,17,18,19). The van der Waals surface area contributed by atoms with Gasteiger partial charge in [0.1, 0.15) is 0 Å². The zero-order valence-corrected chi connectivity index (χ0v) is 13.1. The molecule has 0 heterocycles. The molecule has 0 saturated heterocycles. The number of nitrogens with one attached hydrogen (secondary N) is 2. The maximum absolute atomic E-state index is 5.82. The Morgan fingerprint density at radius 3 is 2.58 bits per heavy atom. The number of halogens is 2. The largest absolute Gasteiger partial charge is 0.358 e. The molecule has 0 aliphatic rings. The molecule has 0 fully saturated rings. The molecule has 0 atom stereocenters. The number of hydrogen-bond acceptors (Lipinski definition) is 1. The summed E-state index contributed by atoms with van der Waals surface area (Å²) in [6, 6.07) is 15.5. The van der Waals surface area contributed by atoms with E-state index in [9.17, 15) is 0 Å². The Morgan fingerprint density at radius 1 is 1.16 bits per heavy atom. The van der Waals surface area contributed by atoms with E-state index < -0.39 is 0 Å². The van der Waals surface area contributed by atoms with Crippen LogP contribution < -0.4 is 10.6 Å². The molecule has 2 aromatic rings. The number of benzene rings is 2. The van der Waals surface area contributed by atoms with Crippen LogP contribution in [0.1, 0.15) is 5.56 Å². The van der Waals surface area contributed by atoms with Gasteiger partial charge in [0.25, 0.3) is 0 Å². The average molecular weight is 356 g/mol. The fourth-order valence-electron chi connectivity index (χ4n) is 1.54. The van der Waals surface area contributed by atoms with Gasteiger partial charge in [-0.3, -0.25) is 0 Å². The molecule has 2 aromatic carbocycles. The summed E-state index contributed by atoms with van der Waals surface area (Å²) in [5.74, 6) is 0. The first-order valence-corrected chi connectivity index (χ1v) is 7.26. The molecule has 2 rings (SSSR count). The Hall–Kier alpha value is -1.10. The van der Waals surface area contributed by atoms with Crippen molar-refractivity contribution in [1.29, 1.82) is 0 Å². The first-order valence-electron chi connectivity index (χ1n) is 5.68. The van der Waals surface area contributed by atoms with E-state index in [1.807, 2.05) is 42.5 Å². The Kier molecular flexibility index (Phi) is 5.19. The minimum Gasteiger partial charge on any atom is -0.358 e. The van der Waals surface area contributed by atoms with Gasteiger partial charge in [0.2, 0.25) is 0 Å². The molecule has 0 spiro atoms. The minimum atomic E-state index is 0.585. The van der Waals surface area contributed by atoms with Crippen LogP contribution in [0.25, 0.3) is 0 Å². The van der Waals surface area contributed by atoms with Crippen molar-refractivity contribution < 1.29 is 0 Å². The summed E-state index contributed by atoms with van der Waals surface area (Å²) >= 11 is 14.5. The van der Waals surface area contributed by atoms with Gasteiger partial charge < -0.3 is 10.6 Å². The predicted octanol–water partition coefficient (Wildman–Crippen LogP) is 4.59. The van der Waals surface area contributed by atoms with Gasteiger partial charge in [-0.2, -0.15) is 0 Å². The van der Waals surface area contributed by atoms with Crippen LogP contribution in [0.4, 0.5) is 5.69 Å². The molecule has 0 aliphatic carbocycles. The highest BCUT2D eigenvalue weighted by atomic mass is 79.9. The van der Waals surface area contributed by atoms with Crippen LogP contribution in [0, 0.1) is 0 Å². The number of rotatable bonds is 3. The van der Waals surface area contributed by atoms with Crippen molar-refractivity contribution in [1.82, 2.24) is 5.32 Å². The zero-order chi connectivity index (χ0) is 13.7. The minimum absolute atomic E-state index is 0.585. The predicted molar refractivity (Wildman–Crippen MR) is 88.7 cm³/mol. The molecule has 98 valence electrons. The first-order chi connectivity index (χ1) is 9.13. The third-order valence-electron chi connectivity index (χ3n) is 2.44. The molecule has 2 nitrogen and oxygen atoms in total. The summed E-state index contributed by atoms with van der Waals surface area (Å²) in [7, 11) is 0. The summed E-state index contributed by atoms with van der Waals surface area (Å²) in [4.78, 5) is 0. The van der Waals surface area contributed by atoms with Crippen molar-refractivity contribution in [2.45, 2.75) is 6.54 Å². The van der Waals surface area contributed by atoms with E-state index in [0.717, 1.165) is 15.7 Å². The molecular weight excluding hydrogens is 344 g/mol. The maximum Gasteiger partial charge on any atom is 0.171 e. The smallest absolute Gasteiger partial charge is 0.171 e. The van der Waals surface area contributed by atoms with Crippen LogP contribution in [0.5, 0.6) is 0 Å². The van der Waals surface area contributed by atoms with E-state index in [1.165, 1.54) is 0 Å². The lowest BCUT2D eigenvalue weighted by molar-refractivity contribution is 0.925. The fourth-order valence-corrected chi connectivity index (χ4v) is 2.30. The Labute approximate surface area is 131 Å². The highest BCUT2D eigenvalue weighted by Gasteiger charge is 1.99. The van der Waals surface area contributed by atoms with Crippen LogP contribution >= 0.6 is 39.7 Å². The van der Waals surface area contributed by atoms with Gasteiger partial charge in [0.05, 0.1) is 0 Å². The topological polar surface area (TPSA) is 24.1 Å². The summed E-state index contributed by atoms with van der Waals surface area (Å²) in [6.45, 7) is 0.679. The molecule has 19 heavy (non-hydrogen) atoms. The maximum atomic E-state index is 5.82. The number of hydrogen-bond donors (Lipinski definition) is 2. The Morgan fingerprint density at radius 2 is 1.89 bits per heavy atom. The summed E-state index contributed by atoms with van der Waals surface area (Å²) in [6.07, 6.45) is 0. The Bertz CT molecular complexity index is 572. The zero-order valence-electron chi connectivity index (χ0n) is 9.99. The fraction of sp³-hybridized carbons (Fsp3) is 0.0714. The molecule has 5 heteroatoms. The molecule has 2 N–H and O–H groups in total. The highest BCUT2D eigenvalue weighted by Crippen LogP contribution is 2.14. The van der Waals surface area contributed by atoms with Gasteiger partial charge in [-0.15, -0.1) is 0 Å². The molecule has 0 unspecified atom stereocenters. The van der Waals surface area contributed by atoms with Crippen LogP contribution in [0.15, 0.2) is 53.0 Å². The van der Waals surface area contributed by atoms with E-state index in [0.29, 0.717) is 16.7 Å². The number of anilines is 1. The molecule has 0 amide bonds. The van der Waals surface area contributed by atoms with Crippen molar-refractivity contribution in [2.24, 2.45) is 0 Å².